The summed E-state index contributed by atoms with van der Waals surface area (Å²) in [5.74, 6) is 2.95. The smallest absolute Gasteiger partial charge is 0.0690 e. The fraction of sp³-hybridized carbons (Fsp3) is 1.00. The molecule has 0 spiro atoms. The van der Waals surface area contributed by atoms with Gasteiger partial charge in [0.15, 0.2) is 0 Å². The van der Waals surface area contributed by atoms with Gasteiger partial charge < -0.3 is 10.0 Å². The van der Waals surface area contributed by atoms with Crippen molar-refractivity contribution in [3.63, 3.8) is 0 Å². The second-order valence-electron chi connectivity index (χ2n) is 6.09. The van der Waals surface area contributed by atoms with Gasteiger partial charge in [-0.2, -0.15) is 0 Å². The van der Waals surface area contributed by atoms with Crippen molar-refractivity contribution < 1.29 is 5.11 Å². The van der Waals surface area contributed by atoms with Crippen LogP contribution >= 0.6 is 0 Å². The van der Waals surface area contributed by atoms with Crippen LogP contribution < -0.4 is 0 Å². The molecule has 0 amide bonds. The quantitative estimate of drug-likeness (QED) is 0.777. The predicted octanol–water partition coefficient (Wildman–Crippen LogP) is 2.51. The normalized spacial score (nSPS) is 36.9. The first-order chi connectivity index (χ1) is 7.61. The Morgan fingerprint density at radius 2 is 2.06 bits per heavy atom. The van der Waals surface area contributed by atoms with Crippen molar-refractivity contribution in [1.29, 1.82) is 0 Å². The number of rotatable bonds is 5. The van der Waals surface area contributed by atoms with Crippen molar-refractivity contribution in [1.82, 2.24) is 4.90 Å². The molecule has 5 unspecified atom stereocenters. The van der Waals surface area contributed by atoms with Crippen LogP contribution in [0.5, 0.6) is 0 Å². The molecule has 16 heavy (non-hydrogen) atoms. The molecule has 0 heterocycles. The molecule has 2 fully saturated rings. The summed E-state index contributed by atoms with van der Waals surface area (Å²) in [5.41, 5.74) is 0. The molecule has 0 radical (unpaired) electrons. The monoisotopic (exact) mass is 225 g/mol. The maximum Gasteiger partial charge on any atom is 0.0690 e. The van der Waals surface area contributed by atoms with Crippen molar-refractivity contribution in [3.05, 3.63) is 0 Å². The highest BCUT2D eigenvalue weighted by molar-refractivity contribution is 4.91. The van der Waals surface area contributed by atoms with E-state index in [1.165, 1.54) is 32.2 Å². The van der Waals surface area contributed by atoms with E-state index in [1.807, 2.05) is 0 Å². The van der Waals surface area contributed by atoms with Crippen LogP contribution in [0.25, 0.3) is 0 Å². The van der Waals surface area contributed by atoms with Gasteiger partial charge in [0.05, 0.1) is 6.10 Å². The van der Waals surface area contributed by atoms with Crippen molar-refractivity contribution >= 4 is 0 Å². The van der Waals surface area contributed by atoms with Gasteiger partial charge >= 0.3 is 0 Å². The second-order valence-corrected chi connectivity index (χ2v) is 6.09. The lowest BCUT2D eigenvalue weighted by Gasteiger charge is -2.33. The minimum absolute atomic E-state index is 0.163. The first kappa shape index (κ1) is 12.4. The fourth-order valence-corrected chi connectivity index (χ4v) is 3.77. The Morgan fingerprint density at radius 3 is 2.56 bits per heavy atom. The van der Waals surface area contributed by atoms with Crippen LogP contribution in [0.3, 0.4) is 0 Å². The lowest BCUT2D eigenvalue weighted by atomic mass is 9.88. The molecule has 0 aliphatic heterocycles. The molecule has 2 aliphatic rings. The van der Waals surface area contributed by atoms with Crippen LogP contribution in [-0.2, 0) is 0 Å². The van der Waals surface area contributed by atoms with Gasteiger partial charge in [-0.15, -0.1) is 0 Å². The molecule has 2 rings (SSSR count). The third-order valence-electron chi connectivity index (χ3n) is 5.08. The first-order valence-electron chi connectivity index (χ1n) is 7.00. The van der Waals surface area contributed by atoms with Gasteiger partial charge in [-0.3, -0.25) is 0 Å². The molecule has 2 heteroatoms. The molecule has 0 aromatic rings. The summed E-state index contributed by atoms with van der Waals surface area (Å²) >= 11 is 0. The minimum Gasteiger partial charge on any atom is -0.392 e. The molecule has 94 valence electrons. The minimum atomic E-state index is -0.163. The third-order valence-corrected chi connectivity index (χ3v) is 5.08. The summed E-state index contributed by atoms with van der Waals surface area (Å²) in [6.45, 7) is 5.41. The maximum absolute atomic E-state index is 9.86. The number of hydrogen-bond donors (Lipinski definition) is 1. The van der Waals surface area contributed by atoms with Gasteiger partial charge in [0.2, 0.25) is 0 Å². The standard InChI is InChI=1S/C14H27NO/c1-4-14(16)10(2)15(3)9-13-8-11-5-6-12(13)7-11/h10-14,16H,4-9H2,1-3H3. The number of likely N-dealkylation sites (N-methyl/N-ethyl adjacent to an activating group) is 1. The van der Waals surface area contributed by atoms with Crippen LogP contribution in [0, 0.1) is 17.8 Å². The molecule has 5 atom stereocenters. The van der Waals surface area contributed by atoms with Gasteiger partial charge in [-0.1, -0.05) is 13.3 Å². The van der Waals surface area contributed by atoms with E-state index in [0.717, 1.165) is 24.2 Å². The van der Waals surface area contributed by atoms with Crippen LogP contribution in [0.1, 0.15) is 46.0 Å². The molecule has 0 aromatic heterocycles. The van der Waals surface area contributed by atoms with Gasteiger partial charge in [0.1, 0.15) is 0 Å². The summed E-state index contributed by atoms with van der Waals surface area (Å²) in [6.07, 6.45) is 6.59. The highest BCUT2D eigenvalue weighted by Crippen LogP contribution is 2.48. The molecular weight excluding hydrogens is 198 g/mol. The van der Waals surface area contributed by atoms with Crippen LogP contribution in [-0.4, -0.2) is 35.7 Å². The van der Waals surface area contributed by atoms with E-state index in [9.17, 15) is 5.11 Å². The van der Waals surface area contributed by atoms with E-state index < -0.39 is 0 Å². The Labute approximate surface area is 100 Å². The van der Waals surface area contributed by atoms with E-state index >= 15 is 0 Å². The predicted molar refractivity (Wildman–Crippen MR) is 67.3 cm³/mol. The number of aliphatic hydroxyl groups excluding tert-OH is 1. The zero-order valence-corrected chi connectivity index (χ0v) is 11.0. The highest BCUT2D eigenvalue weighted by Gasteiger charge is 2.40. The Bertz CT molecular complexity index is 231. The Morgan fingerprint density at radius 1 is 1.31 bits per heavy atom. The first-order valence-corrected chi connectivity index (χ1v) is 7.00. The molecule has 2 saturated carbocycles. The van der Waals surface area contributed by atoms with E-state index in [4.69, 9.17) is 0 Å². The van der Waals surface area contributed by atoms with E-state index in [0.29, 0.717) is 6.04 Å². The Hall–Kier alpha value is -0.0800. The number of hydrogen-bond acceptors (Lipinski definition) is 2. The molecule has 0 saturated heterocycles. The largest absolute Gasteiger partial charge is 0.392 e. The molecule has 2 aliphatic carbocycles. The highest BCUT2D eigenvalue weighted by atomic mass is 16.3. The second kappa shape index (κ2) is 5.05. The number of nitrogens with zero attached hydrogens (tertiary/aromatic N) is 1. The van der Waals surface area contributed by atoms with E-state index in [2.05, 4.69) is 25.8 Å². The van der Waals surface area contributed by atoms with Crippen molar-refractivity contribution in [2.24, 2.45) is 17.8 Å². The van der Waals surface area contributed by atoms with Crippen molar-refractivity contribution in [2.45, 2.75) is 58.1 Å². The molecule has 0 aromatic carbocycles. The van der Waals surface area contributed by atoms with Crippen molar-refractivity contribution in [2.75, 3.05) is 13.6 Å². The number of aliphatic hydroxyl groups is 1. The summed E-state index contributed by atoms with van der Waals surface area (Å²) < 4.78 is 0. The van der Waals surface area contributed by atoms with Gasteiger partial charge in [0, 0.05) is 12.6 Å². The molecule has 1 N–H and O–H groups in total. The maximum atomic E-state index is 9.86. The molecule has 2 bridgehead atoms. The van der Waals surface area contributed by atoms with Crippen LogP contribution in [0.4, 0.5) is 0 Å². The topological polar surface area (TPSA) is 23.5 Å². The van der Waals surface area contributed by atoms with Crippen LogP contribution in [0.2, 0.25) is 0 Å². The fourth-order valence-electron chi connectivity index (χ4n) is 3.77. The lowest BCUT2D eigenvalue weighted by molar-refractivity contribution is 0.0565. The van der Waals surface area contributed by atoms with Gasteiger partial charge in [-0.25, -0.2) is 0 Å². The van der Waals surface area contributed by atoms with E-state index in [1.54, 1.807) is 0 Å². The molecular formula is C14H27NO. The summed E-state index contributed by atoms with van der Waals surface area (Å²) in [5, 5.41) is 9.86. The van der Waals surface area contributed by atoms with Gasteiger partial charge in [0.25, 0.3) is 0 Å². The van der Waals surface area contributed by atoms with Crippen LogP contribution in [0.15, 0.2) is 0 Å². The summed E-state index contributed by atoms with van der Waals surface area (Å²) in [4.78, 5) is 2.37. The SMILES string of the molecule is CCC(O)C(C)N(C)CC1CC2CCC1C2. The molecule has 2 nitrogen and oxygen atoms in total. The Kier molecular flexibility index (Phi) is 3.91. The summed E-state index contributed by atoms with van der Waals surface area (Å²) in [7, 11) is 2.18. The number of fused-ring (bicyclic) bond motifs is 2. The zero-order valence-electron chi connectivity index (χ0n) is 11.0. The zero-order chi connectivity index (χ0) is 11.7. The average Bonchev–Trinajstić information content (AvgIpc) is 2.88. The Balaban J connectivity index is 1.81. The van der Waals surface area contributed by atoms with Crippen molar-refractivity contribution in [3.8, 4) is 0 Å². The van der Waals surface area contributed by atoms with Gasteiger partial charge in [-0.05, 0) is 57.4 Å². The summed E-state index contributed by atoms with van der Waals surface area (Å²) in [6, 6.07) is 0.309. The van der Waals surface area contributed by atoms with E-state index in [-0.39, 0.29) is 6.10 Å². The average molecular weight is 225 g/mol. The lowest BCUT2D eigenvalue weighted by Crippen LogP contribution is -2.42. The third kappa shape index (κ3) is 2.43.